The maximum Gasteiger partial charge on any atom is 0.209 e. The van der Waals surface area contributed by atoms with Crippen LogP contribution in [0.25, 0.3) is 0 Å². The molecule has 102 valence electrons. The standard InChI is InChI=1S/C15H13NO2S2/c17-14(10-4-2-1-3-5-10)13-7-6-12-8-11(9-16(12)13)15(18)20-19/h1-7,11,19H,8-9H2. The summed E-state index contributed by atoms with van der Waals surface area (Å²) in [4.78, 5) is 24.2. The van der Waals surface area contributed by atoms with Gasteiger partial charge in [0.1, 0.15) is 0 Å². The molecule has 5 heteroatoms. The van der Waals surface area contributed by atoms with Crippen molar-refractivity contribution in [2.45, 2.75) is 13.0 Å². The van der Waals surface area contributed by atoms with Crippen LogP contribution in [-0.4, -0.2) is 15.5 Å². The van der Waals surface area contributed by atoms with E-state index in [4.69, 9.17) is 0 Å². The Bertz CT molecular complexity index is 664. The lowest BCUT2D eigenvalue weighted by atomic mass is 10.1. The Hall–Kier alpha value is -1.46. The largest absolute Gasteiger partial charge is 0.341 e. The van der Waals surface area contributed by atoms with E-state index < -0.39 is 0 Å². The van der Waals surface area contributed by atoms with Crippen molar-refractivity contribution in [2.75, 3.05) is 0 Å². The summed E-state index contributed by atoms with van der Waals surface area (Å²) in [5.74, 6) is -0.0699. The van der Waals surface area contributed by atoms with Gasteiger partial charge in [-0.05, 0) is 22.9 Å². The Balaban J connectivity index is 1.89. The molecule has 0 fully saturated rings. The van der Waals surface area contributed by atoms with E-state index in [1.54, 1.807) is 0 Å². The number of thiol groups is 1. The van der Waals surface area contributed by atoms with Crippen molar-refractivity contribution >= 4 is 33.4 Å². The first-order valence-corrected chi connectivity index (χ1v) is 8.21. The van der Waals surface area contributed by atoms with Gasteiger partial charge in [0.15, 0.2) is 0 Å². The third-order valence-corrected chi connectivity index (χ3v) is 4.67. The van der Waals surface area contributed by atoms with Crippen LogP contribution in [0.2, 0.25) is 0 Å². The number of benzene rings is 1. The quantitative estimate of drug-likeness (QED) is 0.538. The molecule has 1 aromatic heterocycles. The molecule has 3 nitrogen and oxygen atoms in total. The zero-order chi connectivity index (χ0) is 14.1. The van der Waals surface area contributed by atoms with Gasteiger partial charge in [0.05, 0.1) is 11.6 Å². The molecule has 0 N–H and O–H groups in total. The Kier molecular flexibility index (Phi) is 3.72. The second-order valence-corrected chi connectivity index (χ2v) is 5.96. The Morgan fingerprint density at radius 1 is 1.15 bits per heavy atom. The second kappa shape index (κ2) is 5.50. The fraction of sp³-hybridized carbons (Fsp3) is 0.200. The topological polar surface area (TPSA) is 39.1 Å². The van der Waals surface area contributed by atoms with E-state index in [0.717, 1.165) is 16.5 Å². The van der Waals surface area contributed by atoms with Gasteiger partial charge < -0.3 is 4.57 Å². The zero-order valence-electron chi connectivity index (χ0n) is 10.7. The summed E-state index contributed by atoms with van der Waals surface area (Å²) in [6.07, 6.45) is 0.689. The first-order chi connectivity index (χ1) is 9.70. The minimum atomic E-state index is -0.0731. The van der Waals surface area contributed by atoms with Crippen molar-refractivity contribution in [3.8, 4) is 0 Å². The SMILES string of the molecule is O=C(c1ccccc1)c1ccc2n1CC(C(=O)SS)C2. The lowest BCUT2D eigenvalue weighted by Crippen LogP contribution is -2.14. The highest BCUT2D eigenvalue weighted by atomic mass is 33.1. The lowest BCUT2D eigenvalue weighted by Gasteiger charge is -2.08. The van der Waals surface area contributed by atoms with E-state index in [1.807, 2.05) is 47.0 Å². The van der Waals surface area contributed by atoms with Crippen LogP contribution in [0.15, 0.2) is 42.5 Å². The van der Waals surface area contributed by atoms with Crippen LogP contribution >= 0.6 is 22.5 Å². The second-order valence-electron chi connectivity index (χ2n) is 4.83. The van der Waals surface area contributed by atoms with Gasteiger partial charge in [-0.2, -0.15) is 0 Å². The summed E-state index contributed by atoms with van der Waals surface area (Å²) in [6, 6.07) is 13.0. The highest BCUT2D eigenvalue weighted by Gasteiger charge is 2.30. The fourth-order valence-electron chi connectivity index (χ4n) is 2.61. The molecule has 3 rings (SSSR count). The van der Waals surface area contributed by atoms with Gasteiger partial charge in [-0.15, -0.1) is 11.7 Å². The maximum atomic E-state index is 12.5. The number of fused-ring (bicyclic) bond motifs is 1. The van der Waals surface area contributed by atoms with Crippen LogP contribution in [0.1, 0.15) is 21.7 Å². The van der Waals surface area contributed by atoms with Crippen molar-refractivity contribution in [2.24, 2.45) is 5.92 Å². The predicted octanol–water partition coefficient (Wildman–Crippen LogP) is 3.00. The summed E-state index contributed by atoms with van der Waals surface area (Å²) < 4.78 is 1.96. The average Bonchev–Trinajstić information content (AvgIpc) is 3.06. The number of carbonyl (C=O) groups excluding carboxylic acids is 2. The van der Waals surface area contributed by atoms with E-state index in [-0.39, 0.29) is 16.8 Å². The normalized spacial score (nSPS) is 16.9. The summed E-state index contributed by atoms with van der Waals surface area (Å²) in [7, 11) is 0.964. The number of nitrogens with zero attached hydrogens (tertiary/aromatic N) is 1. The molecular weight excluding hydrogens is 290 g/mol. The number of hydrogen-bond acceptors (Lipinski definition) is 4. The molecule has 2 heterocycles. The van der Waals surface area contributed by atoms with Gasteiger partial charge in [-0.1, -0.05) is 30.3 Å². The zero-order valence-corrected chi connectivity index (χ0v) is 12.4. The molecule has 0 saturated heterocycles. The molecule has 2 aromatic rings. The lowest BCUT2D eigenvalue weighted by molar-refractivity contribution is -0.114. The van der Waals surface area contributed by atoms with Gasteiger partial charge in [-0.3, -0.25) is 9.59 Å². The van der Waals surface area contributed by atoms with Crippen molar-refractivity contribution in [3.63, 3.8) is 0 Å². The van der Waals surface area contributed by atoms with Gasteiger partial charge in [-0.25, -0.2) is 0 Å². The molecule has 0 saturated carbocycles. The van der Waals surface area contributed by atoms with Crippen molar-refractivity contribution in [3.05, 3.63) is 59.4 Å². The minimum Gasteiger partial charge on any atom is -0.341 e. The first kappa shape index (κ1) is 13.5. The molecule has 1 aliphatic rings. The third-order valence-electron chi connectivity index (χ3n) is 3.62. The third kappa shape index (κ3) is 2.31. The van der Waals surface area contributed by atoms with Crippen molar-refractivity contribution in [1.82, 2.24) is 4.57 Å². The van der Waals surface area contributed by atoms with Gasteiger partial charge in [0, 0.05) is 24.2 Å². The summed E-state index contributed by atoms with van der Waals surface area (Å²) in [6.45, 7) is 0.572. The van der Waals surface area contributed by atoms with E-state index in [9.17, 15) is 9.59 Å². The maximum absolute atomic E-state index is 12.5. The monoisotopic (exact) mass is 303 g/mol. The molecule has 0 radical (unpaired) electrons. The highest BCUT2D eigenvalue weighted by Crippen LogP contribution is 2.29. The first-order valence-electron chi connectivity index (χ1n) is 6.34. The summed E-state index contributed by atoms with van der Waals surface area (Å²) >= 11 is 3.96. The van der Waals surface area contributed by atoms with Crippen molar-refractivity contribution < 1.29 is 9.59 Å². The Morgan fingerprint density at radius 3 is 2.60 bits per heavy atom. The van der Waals surface area contributed by atoms with Crippen LogP contribution in [0, 0.1) is 5.92 Å². The molecule has 1 unspecified atom stereocenters. The van der Waals surface area contributed by atoms with Crippen LogP contribution in [0.4, 0.5) is 0 Å². The van der Waals surface area contributed by atoms with Crippen LogP contribution in [0.5, 0.6) is 0 Å². The number of hydrogen-bond donors (Lipinski definition) is 1. The molecule has 0 bridgehead atoms. The van der Waals surface area contributed by atoms with Gasteiger partial charge in [0.25, 0.3) is 0 Å². The predicted molar refractivity (Wildman–Crippen MR) is 83.1 cm³/mol. The fourth-order valence-corrected chi connectivity index (χ4v) is 3.36. The Morgan fingerprint density at radius 2 is 1.90 bits per heavy atom. The Labute approximate surface area is 126 Å². The molecule has 0 amide bonds. The van der Waals surface area contributed by atoms with Crippen LogP contribution < -0.4 is 0 Å². The molecular formula is C15H13NO2S2. The minimum absolute atomic E-state index is 0.00322. The molecule has 1 aliphatic heterocycles. The smallest absolute Gasteiger partial charge is 0.209 e. The molecule has 1 atom stereocenters. The summed E-state index contributed by atoms with van der Waals surface area (Å²) in [5, 5.41) is 0.0649. The van der Waals surface area contributed by atoms with Gasteiger partial charge in [0.2, 0.25) is 10.9 Å². The average molecular weight is 303 g/mol. The van der Waals surface area contributed by atoms with Gasteiger partial charge >= 0.3 is 0 Å². The highest BCUT2D eigenvalue weighted by molar-refractivity contribution is 8.74. The molecule has 0 aliphatic carbocycles. The van der Waals surface area contributed by atoms with E-state index in [0.29, 0.717) is 24.2 Å². The van der Waals surface area contributed by atoms with E-state index in [2.05, 4.69) is 11.7 Å². The van der Waals surface area contributed by atoms with Crippen molar-refractivity contribution in [1.29, 1.82) is 0 Å². The summed E-state index contributed by atoms with van der Waals surface area (Å²) in [5.41, 5.74) is 2.38. The number of aromatic nitrogens is 1. The van der Waals surface area contributed by atoms with Crippen LogP contribution in [0.3, 0.4) is 0 Å². The molecule has 20 heavy (non-hydrogen) atoms. The van der Waals surface area contributed by atoms with E-state index >= 15 is 0 Å². The number of rotatable bonds is 3. The number of carbonyl (C=O) groups is 2. The molecule has 1 aromatic carbocycles. The number of ketones is 1. The van der Waals surface area contributed by atoms with Crippen LogP contribution in [-0.2, 0) is 17.8 Å². The molecule has 0 spiro atoms. The van der Waals surface area contributed by atoms with E-state index in [1.165, 1.54) is 0 Å².